The van der Waals surface area contributed by atoms with Crippen LogP contribution in [0.5, 0.6) is 0 Å². The second-order valence-corrected chi connectivity index (χ2v) is 6.63. The normalized spacial score (nSPS) is 12.0. The summed E-state index contributed by atoms with van der Waals surface area (Å²) in [4.78, 5) is 0. The van der Waals surface area contributed by atoms with Gasteiger partial charge in [0.15, 0.2) is 5.76 Å². The zero-order valence-electron chi connectivity index (χ0n) is 13.8. The molecule has 23 heavy (non-hydrogen) atoms. The highest BCUT2D eigenvalue weighted by molar-refractivity contribution is 5.79. The van der Waals surface area contributed by atoms with E-state index in [1.807, 2.05) is 48.5 Å². The molecule has 0 aliphatic carbocycles. The highest BCUT2D eigenvalue weighted by Gasteiger charge is 2.25. The molecule has 0 aliphatic rings. The topological polar surface area (TPSA) is 26.0 Å². The van der Waals surface area contributed by atoms with Crippen LogP contribution in [-0.2, 0) is 5.41 Å². The van der Waals surface area contributed by atoms with Crippen molar-refractivity contribution in [3.8, 4) is 11.3 Å². The Morgan fingerprint density at radius 1 is 0.826 bits per heavy atom. The maximum absolute atomic E-state index is 5.70. The second-order valence-electron chi connectivity index (χ2n) is 6.63. The van der Waals surface area contributed by atoms with E-state index in [1.165, 1.54) is 0 Å². The Labute approximate surface area is 137 Å². The lowest BCUT2D eigenvalue weighted by atomic mass is 9.88. The van der Waals surface area contributed by atoms with Crippen LogP contribution in [0.2, 0.25) is 0 Å². The van der Waals surface area contributed by atoms with Gasteiger partial charge in [-0.25, -0.2) is 0 Å². The van der Waals surface area contributed by atoms with Crippen LogP contribution < -0.4 is 0 Å². The zero-order valence-corrected chi connectivity index (χ0v) is 13.8. The molecule has 0 saturated carbocycles. The Bertz CT molecular complexity index is 793. The number of hydrogen-bond acceptors (Lipinski definition) is 2. The van der Waals surface area contributed by atoms with Crippen molar-refractivity contribution in [2.24, 2.45) is 0 Å². The van der Waals surface area contributed by atoms with E-state index < -0.39 is 0 Å². The molecule has 0 radical (unpaired) electrons. The molecule has 0 unspecified atom stereocenters. The van der Waals surface area contributed by atoms with Crippen LogP contribution in [0.3, 0.4) is 0 Å². The van der Waals surface area contributed by atoms with E-state index in [1.54, 1.807) is 0 Å². The van der Waals surface area contributed by atoms with Crippen LogP contribution in [0.15, 0.2) is 65.2 Å². The van der Waals surface area contributed by atoms with E-state index >= 15 is 0 Å². The maximum Gasteiger partial charge on any atom is 0.174 e. The fourth-order valence-electron chi connectivity index (χ4n) is 2.53. The third kappa shape index (κ3) is 3.42. The smallest absolute Gasteiger partial charge is 0.174 e. The van der Waals surface area contributed by atoms with Crippen molar-refractivity contribution in [2.75, 3.05) is 0 Å². The van der Waals surface area contributed by atoms with Gasteiger partial charge in [0.05, 0.1) is 5.69 Å². The van der Waals surface area contributed by atoms with E-state index in [-0.39, 0.29) is 5.41 Å². The molecule has 0 N–H and O–H groups in total. The van der Waals surface area contributed by atoms with Crippen LogP contribution in [0, 0.1) is 0 Å². The van der Waals surface area contributed by atoms with Crippen LogP contribution >= 0.6 is 0 Å². The molecule has 0 spiro atoms. The van der Waals surface area contributed by atoms with Crippen molar-refractivity contribution in [3.05, 3.63) is 77.5 Å². The summed E-state index contributed by atoms with van der Waals surface area (Å²) in [6, 6.07) is 20.4. The first-order chi connectivity index (χ1) is 11.1. The molecule has 0 aliphatic heterocycles. The molecule has 0 amide bonds. The van der Waals surface area contributed by atoms with Gasteiger partial charge in [0.1, 0.15) is 0 Å². The molecule has 0 fully saturated rings. The van der Waals surface area contributed by atoms with Gasteiger partial charge in [0, 0.05) is 16.5 Å². The van der Waals surface area contributed by atoms with Gasteiger partial charge in [-0.15, -0.1) is 0 Å². The summed E-state index contributed by atoms with van der Waals surface area (Å²) in [5.41, 5.74) is 4.15. The minimum Gasteiger partial charge on any atom is -0.355 e. The van der Waals surface area contributed by atoms with Crippen LogP contribution in [0.25, 0.3) is 23.5 Å². The SMILES string of the molecule is CC(C)(C)c1noc(-c2ccccc2)c1/C=C/c1ccccc1. The quantitative estimate of drug-likeness (QED) is 0.610. The predicted octanol–water partition coefficient (Wildman–Crippen LogP) is 5.81. The Kier molecular flexibility index (Phi) is 4.16. The summed E-state index contributed by atoms with van der Waals surface area (Å²) in [5.74, 6) is 0.822. The van der Waals surface area contributed by atoms with Crippen molar-refractivity contribution in [2.45, 2.75) is 26.2 Å². The van der Waals surface area contributed by atoms with E-state index in [9.17, 15) is 0 Å². The molecule has 0 bridgehead atoms. The fourth-order valence-corrected chi connectivity index (χ4v) is 2.53. The summed E-state index contributed by atoms with van der Waals surface area (Å²) >= 11 is 0. The minimum atomic E-state index is -0.0765. The molecule has 1 aromatic heterocycles. The molecule has 2 aromatic carbocycles. The molecular weight excluding hydrogens is 282 g/mol. The third-order valence-corrected chi connectivity index (χ3v) is 3.72. The molecule has 3 rings (SSSR count). The van der Waals surface area contributed by atoms with Gasteiger partial charge in [0.2, 0.25) is 0 Å². The standard InChI is InChI=1S/C21H21NO/c1-21(2,3)20-18(15-14-16-10-6-4-7-11-16)19(23-22-20)17-12-8-5-9-13-17/h4-15H,1-3H3/b15-14+. The highest BCUT2D eigenvalue weighted by atomic mass is 16.5. The van der Waals surface area contributed by atoms with Gasteiger partial charge in [-0.2, -0.15) is 0 Å². The van der Waals surface area contributed by atoms with Crippen LogP contribution in [0.4, 0.5) is 0 Å². The molecule has 3 aromatic rings. The van der Waals surface area contributed by atoms with Gasteiger partial charge in [-0.1, -0.05) is 92.7 Å². The van der Waals surface area contributed by atoms with Gasteiger partial charge in [0.25, 0.3) is 0 Å². The number of rotatable bonds is 3. The van der Waals surface area contributed by atoms with Crippen LogP contribution in [0.1, 0.15) is 37.6 Å². The molecule has 116 valence electrons. The summed E-state index contributed by atoms with van der Waals surface area (Å²) in [6.45, 7) is 6.46. The van der Waals surface area contributed by atoms with Gasteiger partial charge >= 0.3 is 0 Å². The molecular formula is C21H21NO. The Balaban J connectivity index is 2.09. The molecule has 0 saturated heterocycles. The summed E-state index contributed by atoms with van der Waals surface area (Å²) in [6.07, 6.45) is 4.21. The van der Waals surface area contributed by atoms with Gasteiger partial charge in [-0.3, -0.25) is 0 Å². The monoisotopic (exact) mass is 303 g/mol. The van der Waals surface area contributed by atoms with Gasteiger partial charge in [-0.05, 0) is 11.6 Å². The lowest BCUT2D eigenvalue weighted by Gasteiger charge is -2.15. The Morgan fingerprint density at radius 3 is 2.04 bits per heavy atom. The predicted molar refractivity (Wildman–Crippen MR) is 96.0 cm³/mol. The van der Waals surface area contributed by atoms with E-state index in [0.717, 1.165) is 28.1 Å². The number of aromatic nitrogens is 1. The lowest BCUT2D eigenvalue weighted by Crippen LogP contribution is -2.13. The van der Waals surface area contributed by atoms with E-state index in [0.29, 0.717) is 0 Å². The zero-order chi connectivity index (χ0) is 16.3. The average molecular weight is 303 g/mol. The molecule has 0 atom stereocenters. The molecule has 1 heterocycles. The number of hydrogen-bond donors (Lipinski definition) is 0. The largest absolute Gasteiger partial charge is 0.355 e. The maximum atomic E-state index is 5.70. The first kappa shape index (κ1) is 15.3. The van der Waals surface area contributed by atoms with Crippen molar-refractivity contribution in [1.82, 2.24) is 5.16 Å². The fraction of sp³-hybridized carbons (Fsp3) is 0.190. The Morgan fingerprint density at radius 2 is 1.43 bits per heavy atom. The first-order valence-corrected chi connectivity index (χ1v) is 7.84. The Hall–Kier alpha value is -2.61. The average Bonchev–Trinajstić information content (AvgIpc) is 2.99. The summed E-state index contributed by atoms with van der Waals surface area (Å²) < 4.78 is 5.70. The van der Waals surface area contributed by atoms with Crippen LogP contribution in [-0.4, -0.2) is 5.16 Å². The first-order valence-electron chi connectivity index (χ1n) is 7.84. The molecule has 2 nitrogen and oxygen atoms in total. The van der Waals surface area contributed by atoms with Crippen molar-refractivity contribution < 1.29 is 4.52 Å². The number of nitrogens with zero attached hydrogens (tertiary/aromatic N) is 1. The van der Waals surface area contributed by atoms with Crippen molar-refractivity contribution >= 4 is 12.2 Å². The molecule has 2 heteroatoms. The van der Waals surface area contributed by atoms with E-state index in [4.69, 9.17) is 4.52 Å². The summed E-state index contributed by atoms with van der Waals surface area (Å²) in [7, 11) is 0. The minimum absolute atomic E-state index is 0.0765. The van der Waals surface area contributed by atoms with E-state index in [2.05, 4.69) is 50.2 Å². The van der Waals surface area contributed by atoms with Gasteiger partial charge < -0.3 is 4.52 Å². The second kappa shape index (κ2) is 6.25. The highest BCUT2D eigenvalue weighted by Crippen LogP contribution is 2.34. The summed E-state index contributed by atoms with van der Waals surface area (Å²) in [5, 5.41) is 4.35. The van der Waals surface area contributed by atoms with Crippen molar-refractivity contribution in [3.63, 3.8) is 0 Å². The lowest BCUT2D eigenvalue weighted by molar-refractivity contribution is 0.402. The van der Waals surface area contributed by atoms with Crippen molar-refractivity contribution in [1.29, 1.82) is 0 Å². The third-order valence-electron chi connectivity index (χ3n) is 3.72. The number of benzene rings is 2.